The van der Waals surface area contributed by atoms with Gasteiger partial charge in [0, 0.05) is 19.3 Å². The molecular formula is C67H110O6. The fraction of sp³-hybridized carbons (Fsp3) is 0.657. The fourth-order valence-electron chi connectivity index (χ4n) is 8.05. The van der Waals surface area contributed by atoms with Gasteiger partial charge in [0.25, 0.3) is 0 Å². The van der Waals surface area contributed by atoms with E-state index in [-0.39, 0.29) is 37.5 Å². The van der Waals surface area contributed by atoms with Crippen molar-refractivity contribution in [1.82, 2.24) is 0 Å². The monoisotopic (exact) mass is 1010 g/mol. The molecule has 0 bridgehead atoms. The Morgan fingerprint density at radius 2 is 0.562 bits per heavy atom. The molecule has 1 atom stereocenters. The van der Waals surface area contributed by atoms with Crippen molar-refractivity contribution in [3.05, 3.63) is 122 Å². The Bertz CT molecular complexity index is 1540. The van der Waals surface area contributed by atoms with Gasteiger partial charge in [-0.1, -0.05) is 271 Å². The van der Waals surface area contributed by atoms with Crippen LogP contribution in [0.5, 0.6) is 0 Å². The first kappa shape index (κ1) is 68.8. The molecule has 0 aromatic carbocycles. The van der Waals surface area contributed by atoms with Crippen LogP contribution in [0.3, 0.4) is 0 Å². The highest BCUT2D eigenvalue weighted by Gasteiger charge is 2.19. The van der Waals surface area contributed by atoms with Crippen LogP contribution in [-0.2, 0) is 28.6 Å². The van der Waals surface area contributed by atoms with Gasteiger partial charge in [-0.15, -0.1) is 0 Å². The van der Waals surface area contributed by atoms with Gasteiger partial charge in [-0.3, -0.25) is 14.4 Å². The third-order valence-electron chi connectivity index (χ3n) is 12.5. The Hall–Kier alpha value is -4.19. The van der Waals surface area contributed by atoms with Crippen LogP contribution < -0.4 is 0 Å². The maximum absolute atomic E-state index is 12.9. The normalized spacial score (nSPS) is 13.0. The molecule has 0 aliphatic rings. The Labute approximate surface area is 450 Å². The van der Waals surface area contributed by atoms with Gasteiger partial charge in [-0.05, 0) is 96.3 Å². The van der Waals surface area contributed by atoms with Crippen LogP contribution >= 0.6 is 0 Å². The second-order valence-electron chi connectivity index (χ2n) is 19.5. The molecule has 0 N–H and O–H groups in total. The van der Waals surface area contributed by atoms with E-state index in [2.05, 4.69) is 136 Å². The molecule has 0 saturated heterocycles. The van der Waals surface area contributed by atoms with E-state index in [0.717, 1.165) is 116 Å². The molecule has 0 saturated carbocycles. The van der Waals surface area contributed by atoms with E-state index in [1.807, 2.05) is 6.08 Å². The van der Waals surface area contributed by atoms with Crippen molar-refractivity contribution in [2.45, 2.75) is 271 Å². The van der Waals surface area contributed by atoms with Crippen molar-refractivity contribution in [2.75, 3.05) is 13.2 Å². The van der Waals surface area contributed by atoms with E-state index in [1.54, 1.807) is 0 Å². The minimum atomic E-state index is -0.822. The highest BCUT2D eigenvalue weighted by Crippen LogP contribution is 2.16. The quantitative estimate of drug-likeness (QED) is 0.0261. The van der Waals surface area contributed by atoms with Crippen LogP contribution in [0.15, 0.2) is 122 Å². The minimum Gasteiger partial charge on any atom is -0.462 e. The molecule has 0 radical (unpaired) electrons. The van der Waals surface area contributed by atoms with Gasteiger partial charge in [0.05, 0.1) is 0 Å². The van der Waals surface area contributed by atoms with E-state index >= 15 is 0 Å². The largest absolute Gasteiger partial charge is 0.462 e. The van der Waals surface area contributed by atoms with Crippen molar-refractivity contribution in [1.29, 1.82) is 0 Å². The zero-order valence-electron chi connectivity index (χ0n) is 47.4. The van der Waals surface area contributed by atoms with Gasteiger partial charge in [0.1, 0.15) is 13.2 Å². The van der Waals surface area contributed by atoms with E-state index in [0.29, 0.717) is 19.3 Å². The highest BCUT2D eigenvalue weighted by atomic mass is 16.6. The lowest BCUT2D eigenvalue weighted by atomic mass is 10.0. The Kier molecular flexibility index (Phi) is 56.9. The van der Waals surface area contributed by atoms with Crippen LogP contribution in [0.25, 0.3) is 0 Å². The number of carbonyl (C=O) groups excluding carboxylic acids is 3. The van der Waals surface area contributed by atoms with Gasteiger partial charge in [0.15, 0.2) is 6.10 Å². The minimum absolute atomic E-state index is 0.115. The highest BCUT2D eigenvalue weighted by molar-refractivity contribution is 5.71. The number of hydrogen-bond acceptors (Lipinski definition) is 6. The van der Waals surface area contributed by atoms with Gasteiger partial charge < -0.3 is 14.2 Å². The van der Waals surface area contributed by atoms with E-state index in [4.69, 9.17) is 14.2 Å². The average molecular weight is 1010 g/mol. The lowest BCUT2D eigenvalue weighted by Gasteiger charge is -2.18. The number of allylic oxidation sites excluding steroid dienone is 20. The summed E-state index contributed by atoms with van der Waals surface area (Å²) >= 11 is 0. The Morgan fingerprint density at radius 1 is 0.288 bits per heavy atom. The SMILES string of the molecule is CC/C=C\C/C=C\C/C=C\C/C=C\C/C=C\C/C=C\CCC(=O)OCC(COC(=O)CCCCCC/C=C\C/C=C\C/C=C\C/C=C\CC)OC(=O)CCCCCCCCCCCCCCCCCCCCC. The molecule has 0 amide bonds. The third-order valence-corrected chi connectivity index (χ3v) is 12.5. The summed E-state index contributed by atoms with van der Waals surface area (Å²) in [5, 5.41) is 0. The second-order valence-corrected chi connectivity index (χ2v) is 19.5. The number of carbonyl (C=O) groups is 3. The smallest absolute Gasteiger partial charge is 0.306 e. The molecular weight excluding hydrogens is 901 g/mol. The zero-order chi connectivity index (χ0) is 52.9. The standard InChI is InChI=1S/C67H110O6/c1-4-7-10-13-16-19-22-25-28-31-33-36-39-42-45-48-51-54-57-60-66(69)72-63-64(62-71-65(68)59-56-53-50-47-44-41-38-35-30-27-24-21-18-15-12-9-6-3)73-67(70)61-58-55-52-49-46-43-40-37-34-32-29-26-23-20-17-14-11-8-5-2/h7,9-10,12,16,18-19,21,25,27-28,30,33,36,38,41-42,45,51,54,64H,4-6,8,11,13-15,17,20,22-24,26,29,31-32,34-35,37,39-40,43-44,46-50,52-53,55-63H2,1-3H3/b10-7-,12-9-,19-16-,21-18-,28-25-,30-27-,36-33-,41-38-,45-42-,54-51-. The molecule has 0 rings (SSSR count). The first-order chi connectivity index (χ1) is 36.0. The summed E-state index contributed by atoms with van der Waals surface area (Å²) in [7, 11) is 0. The topological polar surface area (TPSA) is 78.9 Å². The van der Waals surface area contributed by atoms with Crippen LogP contribution in [-0.4, -0.2) is 37.2 Å². The lowest BCUT2D eigenvalue weighted by molar-refractivity contribution is -0.166. The summed E-state index contributed by atoms with van der Waals surface area (Å²) in [4.78, 5) is 38.2. The predicted molar refractivity (Wildman–Crippen MR) is 316 cm³/mol. The van der Waals surface area contributed by atoms with Gasteiger partial charge in [-0.2, -0.15) is 0 Å². The maximum Gasteiger partial charge on any atom is 0.306 e. The Balaban J connectivity index is 4.53. The zero-order valence-corrected chi connectivity index (χ0v) is 47.4. The average Bonchev–Trinajstić information content (AvgIpc) is 3.39. The molecule has 0 heterocycles. The summed E-state index contributed by atoms with van der Waals surface area (Å²) < 4.78 is 16.8. The van der Waals surface area contributed by atoms with Crippen LogP contribution in [0, 0.1) is 0 Å². The molecule has 0 aromatic heterocycles. The molecule has 73 heavy (non-hydrogen) atoms. The number of ether oxygens (including phenoxy) is 3. The van der Waals surface area contributed by atoms with Crippen molar-refractivity contribution in [3.63, 3.8) is 0 Å². The predicted octanol–water partition coefficient (Wildman–Crippen LogP) is 20.4. The second kappa shape index (κ2) is 60.4. The fourth-order valence-corrected chi connectivity index (χ4v) is 8.05. The Morgan fingerprint density at radius 3 is 0.918 bits per heavy atom. The van der Waals surface area contributed by atoms with E-state index in [9.17, 15) is 14.4 Å². The lowest BCUT2D eigenvalue weighted by Crippen LogP contribution is -2.30. The summed E-state index contributed by atoms with van der Waals surface area (Å²) in [6, 6.07) is 0. The molecule has 0 aliphatic carbocycles. The van der Waals surface area contributed by atoms with Crippen LogP contribution in [0.4, 0.5) is 0 Å². The molecule has 0 spiro atoms. The van der Waals surface area contributed by atoms with Gasteiger partial charge in [0.2, 0.25) is 0 Å². The van der Waals surface area contributed by atoms with E-state index < -0.39 is 6.10 Å². The van der Waals surface area contributed by atoms with Crippen molar-refractivity contribution < 1.29 is 28.6 Å². The molecule has 0 aliphatic heterocycles. The molecule has 0 fully saturated rings. The van der Waals surface area contributed by atoms with Crippen LogP contribution in [0.1, 0.15) is 265 Å². The van der Waals surface area contributed by atoms with E-state index in [1.165, 1.54) is 103 Å². The molecule has 0 aromatic rings. The molecule has 6 heteroatoms. The van der Waals surface area contributed by atoms with Gasteiger partial charge >= 0.3 is 17.9 Å². The molecule has 414 valence electrons. The molecule has 1 unspecified atom stereocenters. The summed E-state index contributed by atoms with van der Waals surface area (Å²) in [5.41, 5.74) is 0. The first-order valence-corrected chi connectivity index (χ1v) is 30.0. The number of hydrogen-bond donors (Lipinski definition) is 0. The van der Waals surface area contributed by atoms with Crippen LogP contribution in [0.2, 0.25) is 0 Å². The number of esters is 3. The van der Waals surface area contributed by atoms with Gasteiger partial charge in [-0.25, -0.2) is 0 Å². The first-order valence-electron chi connectivity index (χ1n) is 30.0. The summed E-state index contributed by atoms with van der Waals surface area (Å²) in [5.74, 6) is -1.02. The van der Waals surface area contributed by atoms with Crippen molar-refractivity contribution in [2.24, 2.45) is 0 Å². The summed E-state index contributed by atoms with van der Waals surface area (Å²) in [6.45, 7) is 6.34. The molecule has 6 nitrogen and oxygen atoms in total. The van der Waals surface area contributed by atoms with Crippen molar-refractivity contribution >= 4 is 17.9 Å². The van der Waals surface area contributed by atoms with Crippen molar-refractivity contribution in [3.8, 4) is 0 Å². The summed E-state index contributed by atoms with van der Waals surface area (Å²) in [6.07, 6.45) is 83.5. The number of rotatable bonds is 53. The third kappa shape index (κ3) is 58.6. The maximum atomic E-state index is 12.9. The number of unbranched alkanes of at least 4 members (excludes halogenated alkanes) is 22.